The van der Waals surface area contributed by atoms with E-state index in [1.165, 1.54) is 0 Å². The molecule has 2 saturated heterocycles. The van der Waals surface area contributed by atoms with Gasteiger partial charge in [-0.3, -0.25) is 14.5 Å². The first kappa shape index (κ1) is 21.3. The normalized spacial score (nSPS) is 26.1. The summed E-state index contributed by atoms with van der Waals surface area (Å²) in [5.74, 6) is -1.64. The van der Waals surface area contributed by atoms with Gasteiger partial charge in [0.2, 0.25) is 5.91 Å². The lowest BCUT2D eigenvalue weighted by atomic mass is 9.86. The molecule has 0 radical (unpaired) electrons. The second-order valence-electron chi connectivity index (χ2n) is 8.03. The first-order valence-electron chi connectivity index (χ1n) is 10.4. The van der Waals surface area contributed by atoms with Crippen molar-refractivity contribution in [2.24, 2.45) is 5.92 Å². The summed E-state index contributed by atoms with van der Waals surface area (Å²) in [6.45, 7) is 0.508. The Morgan fingerprint density at radius 2 is 1.90 bits per heavy atom. The van der Waals surface area contributed by atoms with Crippen LogP contribution in [0.2, 0.25) is 0 Å². The molecule has 1 amide bonds. The number of carbonyl (C=O) groups excluding carboxylic acids is 2. The molecule has 29 heavy (non-hydrogen) atoms. The highest BCUT2D eigenvalue weighted by Gasteiger charge is 2.50. The summed E-state index contributed by atoms with van der Waals surface area (Å²) < 4.78 is 5.82. The van der Waals surface area contributed by atoms with E-state index < -0.39 is 12.1 Å². The maximum atomic E-state index is 13.0. The molecule has 0 aromatic heterocycles. The molecule has 2 aliphatic heterocycles. The van der Waals surface area contributed by atoms with Crippen LogP contribution in [0.15, 0.2) is 30.3 Å². The van der Waals surface area contributed by atoms with Crippen LogP contribution < -0.4 is 5.32 Å². The molecule has 3 rings (SSSR count). The summed E-state index contributed by atoms with van der Waals surface area (Å²) in [7, 11) is 2.05. The average molecular weight is 402 g/mol. The first-order valence-corrected chi connectivity index (χ1v) is 10.4. The van der Waals surface area contributed by atoms with Crippen molar-refractivity contribution in [2.45, 2.75) is 63.1 Å². The van der Waals surface area contributed by atoms with E-state index in [9.17, 15) is 14.4 Å². The van der Waals surface area contributed by atoms with Crippen molar-refractivity contribution >= 4 is 17.8 Å². The smallest absolute Gasteiger partial charge is 0.338 e. The molecular formula is C22H30N2O5. The lowest BCUT2D eigenvalue weighted by Crippen LogP contribution is -2.55. The highest BCUT2D eigenvalue weighted by molar-refractivity contribution is 5.90. The number of unbranched alkanes of at least 4 members (excludes halogenated alkanes) is 2. The highest BCUT2D eigenvalue weighted by Crippen LogP contribution is 2.40. The van der Waals surface area contributed by atoms with Crippen LogP contribution in [0.1, 0.15) is 55.3 Å². The maximum absolute atomic E-state index is 13.0. The number of rotatable bonds is 9. The van der Waals surface area contributed by atoms with Crippen molar-refractivity contribution in [1.29, 1.82) is 0 Å². The molecule has 1 aromatic rings. The third kappa shape index (κ3) is 5.35. The van der Waals surface area contributed by atoms with Gasteiger partial charge < -0.3 is 15.2 Å². The fourth-order valence-electron chi connectivity index (χ4n) is 4.57. The zero-order valence-corrected chi connectivity index (χ0v) is 16.9. The van der Waals surface area contributed by atoms with Crippen LogP contribution >= 0.6 is 0 Å². The van der Waals surface area contributed by atoms with E-state index in [2.05, 4.69) is 10.2 Å². The Kier molecular flexibility index (Phi) is 7.25. The second kappa shape index (κ2) is 9.87. The number of nitrogens with zero attached hydrogens (tertiary/aromatic N) is 1. The maximum Gasteiger partial charge on any atom is 0.338 e. The van der Waals surface area contributed by atoms with Gasteiger partial charge in [0, 0.05) is 31.5 Å². The van der Waals surface area contributed by atoms with Gasteiger partial charge in [0.05, 0.1) is 11.5 Å². The van der Waals surface area contributed by atoms with Gasteiger partial charge in [0.25, 0.3) is 0 Å². The van der Waals surface area contributed by atoms with E-state index in [1.54, 1.807) is 24.3 Å². The van der Waals surface area contributed by atoms with Crippen molar-refractivity contribution in [3.05, 3.63) is 35.9 Å². The molecule has 0 saturated carbocycles. The van der Waals surface area contributed by atoms with Gasteiger partial charge in [-0.05, 0) is 44.9 Å². The van der Waals surface area contributed by atoms with Crippen molar-refractivity contribution in [3.63, 3.8) is 0 Å². The summed E-state index contributed by atoms with van der Waals surface area (Å²) in [6, 6.07) is 9.30. The lowest BCUT2D eigenvalue weighted by Gasteiger charge is -2.41. The SMILES string of the molecule is CN1C2CCC1[C@@H](C(=O)NCCCCCC(=O)O)[C@@H](OC(=O)c1ccccc1)C2. The number of amides is 1. The fourth-order valence-corrected chi connectivity index (χ4v) is 4.57. The quantitative estimate of drug-likeness (QED) is 0.487. The van der Waals surface area contributed by atoms with Gasteiger partial charge in [0.1, 0.15) is 6.10 Å². The number of carbonyl (C=O) groups is 3. The molecule has 4 atom stereocenters. The number of hydrogen-bond donors (Lipinski definition) is 2. The number of ether oxygens (including phenoxy) is 1. The largest absolute Gasteiger partial charge is 0.481 e. The summed E-state index contributed by atoms with van der Waals surface area (Å²) in [4.78, 5) is 38.4. The summed E-state index contributed by atoms with van der Waals surface area (Å²) in [6.07, 6.45) is 4.45. The Morgan fingerprint density at radius 3 is 2.62 bits per heavy atom. The van der Waals surface area contributed by atoms with Crippen molar-refractivity contribution in [2.75, 3.05) is 13.6 Å². The molecule has 2 heterocycles. The van der Waals surface area contributed by atoms with Gasteiger partial charge in [-0.1, -0.05) is 24.6 Å². The van der Waals surface area contributed by atoms with Gasteiger partial charge in [0.15, 0.2) is 0 Å². The summed E-state index contributed by atoms with van der Waals surface area (Å²) in [5.41, 5.74) is 0.497. The number of hydrogen-bond acceptors (Lipinski definition) is 5. The number of fused-ring (bicyclic) bond motifs is 2. The Labute approximate surface area is 171 Å². The van der Waals surface area contributed by atoms with Crippen LogP contribution in [0.3, 0.4) is 0 Å². The third-order valence-corrected chi connectivity index (χ3v) is 6.15. The van der Waals surface area contributed by atoms with Crippen LogP contribution in [-0.2, 0) is 14.3 Å². The van der Waals surface area contributed by atoms with Gasteiger partial charge in [-0.15, -0.1) is 0 Å². The summed E-state index contributed by atoms with van der Waals surface area (Å²) >= 11 is 0. The van der Waals surface area contributed by atoms with Crippen LogP contribution in [0.5, 0.6) is 0 Å². The Bertz CT molecular complexity index is 723. The van der Waals surface area contributed by atoms with Crippen LogP contribution in [0.4, 0.5) is 0 Å². The van der Waals surface area contributed by atoms with E-state index in [0.717, 1.165) is 25.7 Å². The number of esters is 1. The molecule has 2 fully saturated rings. The van der Waals surface area contributed by atoms with Crippen LogP contribution in [0, 0.1) is 5.92 Å². The first-order chi connectivity index (χ1) is 14.0. The number of nitrogens with one attached hydrogen (secondary N) is 1. The highest BCUT2D eigenvalue weighted by atomic mass is 16.5. The minimum atomic E-state index is -0.793. The van der Waals surface area contributed by atoms with E-state index in [4.69, 9.17) is 9.84 Å². The predicted octanol–water partition coefficient (Wildman–Crippen LogP) is 2.46. The molecular weight excluding hydrogens is 372 g/mol. The molecule has 0 spiro atoms. The molecule has 2 N–H and O–H groups in total. The molecule has 2 aliphatic rings. The van der Waals surface area contributed by atoms with Crippen LogP contribution in [-0.4, -0.2) is 59.6 Å². The Hall–Kier alpha value is -2.41. The molecule has 2 bridgehead atoms. The summed E-state index contributed by atoms with van der Waals surface area (Å²) in [5, 5.41) is 11.7. The van der Waals surface area contributed by atoms with E-state index in [0.29, 0.717) is 31.0 Å². The molecule has 158 valence electrons. The number of carboxylic acids is 1. The van der Waals surface area contributed by atoms with Gasteiger partial charge in [-0.25, -0.2) is 4.79 Å². The Balaban J connectivity index is 1.58. The molecule has 2 unspecified atom stereocenters. The van der Waals surface area contributed by atoms with Crippen LogP contribution in [0.25, 0.3) is 0 Å². The molecule has 0 aliphatic carbocycles. The van der Waals surface area contributed by atoms with Gasteiger partial charge in [-0.2, -0.15) is 0 Å². The molecule has 7 heteroatoms. The average Bonchev–Trinajstić information content (AvgIpc) is 2.94. The van der Waals surface area contributed by atoms with E-state index >= 15 is 0 Å². The van der Waals surface area contributed by atoms with Crippen molar-refractivity contribution < 1.29 is 24.2 Å². The number of piperidine rings is 1. The molecule has 7 nitrogen and oxygen atoms in total. The zero-order valence-electron chi connectivity index (χ0n) is 16.9. The van der Waals surface area contributed by atoms with Crippen molar-refractivity contribution in [3.8, 4) is 0 Å². The van der Waals surface area contributed by atoms with Crippen molar-refractivity contribution in [1.82, 2.24) is 10.2 Å². The predicted molar refractivity (Wildman–Crippen MR) is 107 cm³/mol. The number of carboxylic acid groups (broad SMARTS) is 1. The standard InChI is InChI=1S/C22H30N2O5/c1-24-16-11-12-17(24)20(21(27)23-13-7-3-6-10-19(25)26)18(14-16)29-22(28)15-8-4-2-5-9-15/h2,4-5,8-9,16-18,20H,3,6-7,10-14H2,1H3,(H,23,27)(H,25,26)/t16?,17?,18-,20+/m0/s1. The third-order valence-electron chi connectivity index (χ3n) is 6.15. The lowest BCUT2D eigenvalue weighted by molar-refractivity contribution is -0.137. The number of benzene rings is 1. The zero-order chi connectivity index (χ0) is 20.8. The monoisotopic (exact) mass is 402 g/mol. The topological polar surface area (TPSA) is 95.9 Å². The van der Waals surface area contributed by atoms with E-state index in [-0.39, 0.29) is 30.3 Å². The second-order valence-corrected chi connectivity index (χ2v) is 8.03. The minimum Gasteiger partial charge on any atom is -0.481 e. The molecule has 1 aromatic carbocycles. The fraction of sp³-hybridized carbons (Fsp3) is 0.591. The minimum absolute atomic E-state index is 0.0775. The van der Waals surface area contributed by atoms with Gasteiger partial charge >= 0.3 is 11.9 Å². The number of aliphatic carboxylic acids is 1. The Morgan fingerprint density at radius 1 is 1.14 bits per heavy atom. The van der Waals surface area contributed by atoms with E-state index in [1.807, 2.05) is 13.1 Å².